The van der Waals surface area contributed by atoms with E-state index in [0.717, 1.165) is 11.8 Å². The van der Waals surface area contributed by atoms with Crippen LogP contribution in [0.3, 0.4) is 0 Å². The molecule has 0 spiro atoms. The third kappa shape index (κ3) is 3.25. The number of carbonyl (C=O) groups is 2. The van der Waals surface area contributed by atoms with Gasteiger partial charge in [0.05, 0.1) is 10.3 Å². The largest absolute Gasteiger partial charge is 0.302 e. The number of hydrogen-bond donors (Lipinski definition) is 0. The van der Waals surface area contributed by atoms with Gasteiger partial charge >= 0.3 is 0 Å². The van der Waals surface area contributed by atoms with E-state index in [4.69, 9.17) is 0 Å². The fourth-order valence-electron chi connectivity index (χ4n) is 2.24. The lowest BCUT2D eigenvalue weighted by molar-refractivity contribution is -0.384. The molecule has 0 aromatic heterocycles. The normalized spacial score (nSPS) is 13.1. The van der Waals surface area contributed by atoms with Gasteiger partial charge in [-0.25, -0.2) is 0 Å². The average Bonchev–Trinajstić information content (AvgIpc) is 2.55. The Balaban J connectivity index is 2.22. The van der Waals surface area contributed by atoms with Crippen molar-refractivity contribution in [2.45, 2.75) is 18.8 Å². The Morgan fingerprint density at radius 3 is 2.23 bits per heavy atom. The molecule has 112 valence electrons. The number of nitro groups is 1. The smallest absolute Gasteiger partial charge is 0.269 e. The molecule has 0 saturated carbocycles. The maximum absolute atomic E-state index is 12.3. The third-order valence-electron chi connectivity index (χ3n) is 3.62. The molecule has 0 radical (unpaired) electrons. The lowest BCUT2D eigenvalue weighted by Crippen LogP contribution is -2.27. The minimum Gasteiger partial charge on any atom is -0.302 e. The Hall–Kier alpha value is -2.82. The van der Waals surface area contributed by atoms with Crippen LogP contribution in [-0.4, -0.2) is 17.0 Å². The Morgan fingerprint density at radius 1 is 1.14 bits per heavy atom. The van der Waals surface area contributed by atoms with Crippen molar-refractivity contribution in [1.82, 2.24) is 0 Å². The van der Waals surface area contributed by atoms with Gasteiger partial charge in [0.15, 0.2) is 5.78 Å². The molecule has 0 amide bonds. The predicted octanol–water partition coefficient (Wildman–Crippen LogP) is 3.32. The molecule has 5 heteroatoms. The summed E-state index contributed by atoms with van der Waals surface area (Å²) in [7, 11) is 0. The van der Waals surface area contributed by atoms with Crippen LogP contribution in [0.5, 0.6) is 0 Å². The molecule has 0 fully saturated rings. The number of nitro benzene ring substituents is 1. The highest BCUT2D eigenvalue weighted by Crippen LogP contribution is 2.27. The summed E-state index contributed by atoms with van der Waals surface area (Å²) < 4.78 is 0. The molecule has 0 unspecified atom stereocenters. The highest BCUT2D eigenvalue weighted by Gasteiger charge is 2.29. The third-order valence-corrected chi connectivity index (χ3v) is 3.62. The Labute approximate surface area is 127 Å². The Bertz CT molecular complexity index is 694. The molecule has 0 aliphatic rings. The summed E-state index contributed by atoms with van der Waals surface area (Å²) in [4.78, 5) is 33.9. The molecule has 0 saturated heterocycles. The topological polar surface area (TPSA) is 77.3 Å². The fraction of sp³-hybridized carbons (Fsp3) is 0.176. The summed E-state index contributed by atoms with van der Waals surface area (Å²) in [6, 6.07) is 14.5. The number of non-ortho nitro benzene ring substituents is 1. The van der Waals surface area contributed by atoms with Gasteiger partial charge in [0.2, 0.25) is 0 Å². The number of rotatable bonds is 6. The maximum Gasteiger partial charge on any atom is 0.269 e. The SMILES string of the molecule is C[C@@](C=O)(CC(=O)c1ccc([N+](=O)[O-])cc1)c1ccccc1. The van der Waals surface area contributed by atoms with Crippen molar-refractivity contribution < 1.29 is 14.5 Å². The van der Waals surface area contributed by atoms with E-state index in [1.165, 1.54) is 24.3 Å². The number of aldehydes is 1. The van der Waals surface area contributed by atoms with Crippen LogP contribution < -0.4 is 0 Å². The lowest BCUT2D eigenvalue weighted by atomic mass is 9.78. The standard InChI is InChI=1S/C17H15NO4/c1-17(12-19,14-5-3-2-4-6-14)11-16(20)13-7-9-15(10-8-13)18(21)22/h2-10,12H,11H2,1H3/t17-/m0/s1. The van der Waals surface area contributed by atoms with Gasteiger partial charge in [0, 0.05) is 24.1 Å². The molecule has 5 nitrogen and oxygen atoms in total. The van der Waals surface area contributed by atoms with Gasteiger partial charge in [0.1, 0.15) is 6.29 Å². The number of benzene rings is 2. The maximum atomic E-state index is 12.3. The molecule has 0 aliphatic heterocycles. The van der Waals surface area contributed by atoms with E-state index >= 15 is 0 Å². The molecule has 0 bridgehead atoms. The first-order chi connectivity index (χ1) is 10.5. The molecule has 2 aromatic carbocycles. The summed E-state index contributed by atoms with van der Waals surface area (Å²) in [5, 5.41) is 10.6. The van der Waals surface area contributed by atoms with Crippen molar-refractivity contribution in [2.24, 2.45) is 0 Å². The van der Waals surface area contributed by atoms with E-state index in [2.05, 4.69) is 0 Å². The van der Waals surface area contributed by atoms with Crippen molar-refractivity contribution in [2.75, 3.05) is 0 Å². The van der Waals surface area contributed by atoms with Crippen LogP contribution in [-0.2, 0) is 10.2 Å². The zero-order chi connectivity index (χ0) is 16.2. The molecular weight excluding hydrogens is 282 g/mol. The predicted molar refractivity (Wildman–Crippen MR) is 81.9 cm³/mol. The van der Waals surface area contributed by atoms with Gasteiger partial charge in [-0.2, -0.15) is 0 Å². The number of ketones is 1. The van der Waals surface area contributed by atoms with Crippen LogP contribution >= 0.6 is 0 Å². The van der Waals surface area contributed by atoms with E-state index in [0.29, 0.717) is 5.56 Å². The van der Waals surface area contributed by atoms with Gasteiger partial charge in [0.25, 0.3) is 5.69 Å². The van der Waals surface area contributed by atoms with Crippen molar-refractivity contribution in [3.05, 3.63) is 75.8 Å². The Kier molecular flexibility index (Phi) is 4.46. The van der Waals surface area contributed by atoms with Crippen LogP contribution in [0.1, 0.15) is 29.3 Å². The second-order valence-electron chi connectivity index (χ2n) is 5.31. The van der Waals surface area contributed by atoms with E-state index in [1.807, 2.05) is 18.2 Å². The zero-order valence-electron chi connectivity index (χ0n) is 12.1. The van der Waals surface area contributed by atoms with Crippen molar-refractivity contribution in [3.8, 4) is 0 Å². The van der Waals surface area contributed by atoms with E-state index in [1.54, 1.807) is 19.1 Å². The van der Waals surface area contributed by atoms with Gasteiger partial charge in [-0.1, -0.05) is 30.3 Å². The quantitative estimate of drug-likeness (QED) is 0.354. The molecule has 0 heterocycles. The molecule has 22 heavy (non-hydrogen) atoms. The number of hydrogen-bond acceptors (Lipinski definition) is 4. The van der Waals surface area contributed by atoms with Crippen LogP contribution in [0.2, 0.25) is 0 Å². The zero-order valence-corrected chi connectivity index (χ0v) is 12.1. The van der Waals surface area contributed by atoms with Gasteiger partial charge in [-0.05, 0) is 24.6 Å². The van der Waals surface area contributed by atoms with Crippen LogP contribution in [0.4, 0.5) is 5.69 Å². The molecule has 0 aliphatic carbocycles. The summed E-state index contributed by atoms with van der Waals surface area (Å²) >= 11 is 0. The van der Waals surface area contributed by atoms with Gasteiger partial charge in [-0.3, -0.25) is 14.9 Å². The first-order valence-corrected chi connectivity index (χ1v) is 6.76. The van der Waals surface area contributed by atoms with Crippen molar-refractivity contribution in [1.29, 1.82) is 0 Å². The Morgan fingerprint density at radius 2 is 1.73 bits per heavy atom. The minimum absolute atomic E-state index is 0.0122. The first-order valence-electron chi connectivity index (χ1n) is 6.76. The van der Waals surface area contributed by atoms with E-state index in [-0.39, 0.29) is 17.9 Å². The van der Waals surface area contributed by atoms with Crippen LogP contribution in [0, 0.1) is 10.1 Å². The van der Waals surface area contributed by atoms with Crippen LogP contribution in [0.25, 0.3) is 0 Å². The molecular formula is C17H15NO4. The number of Topliss-reactive ketones (excluding diaryl/α,β-unsaturated/α-hetero) is 1. The molecule has 2 rings (SSSR count). The lowest BCUT2D eigenvalue weighted by Gasteiger charge is -2.22. The number of carbonyl (C=O) groups excluding carboxylic acids is 2. The van der Waals surface area contributed by atoms with Gasteiger partial charge < -0.3 is 4.79 Å². The van der Waals surface area contributed by atoms with Gasteiger partial charge in [-0.15, -0.1) is 0 Å². The highest BCUT2D eigenvalue weighted by molar-refractivity contribution is 5.99. The summed E-state index contributed by atoms with van der Waals surface area (Å²) in [5.74, 6) is -0.228. The highest BCUT2D eigenvalue weighted by atomic mass is 16.6. The second kappa shape index (κ2) is 6.30. The van der Waals surface area contributed by atoms with Crippen molar-refractivity contribution in [3.63, 3.8) is 0 Å². The summed E-state index contributed by atoms with van der Waals surface area (Å²) in [6.45, 7) is 1.71. The van der Waals surface area contributed by atoms with E-state index in [9.17, 15) is 19.7 Å². The van der Waals surface area contributed by atoms with Crippen LogP contribution in [0.15, 0.2) is 54.6 Å². The molecule has 1 atom stereocenters. The number of nitrogens with zero attached hydrogens (tertiary/aromatic N) is 1. The first kappa shape index (κ1) is 15.6. The molecule has 2 aromatic rings. The van der Waals surface area contributed by atoms with Crippen molar-refractivity contribution >= 4 is 17.8 Å². The van der Waals surface area contributed by atoms with E-state index < -0.39 is 10.3 Å². The average molecular weight is 297 g/mol. The molecule has 0 N–H and O–H groups in total. The monoisotopic (exact) mass is 297 g/mol. The second-order valence-corrected chi connectivity index (χ2v) is 5.31. The minimum atomic E-state index is -0.917. The summed E-state index contributed by atoms with van der Waals surface area (Å²) in [5.41, 5.74) is 0.132. The fourth-order valence-corrected chi connectivity index (χ4v) is 2.24. The summed E-state index contributed by atoms with van der Waals surface area (Å²) in [6.07, 6.45) is 0.782.